The molecule has 1 fully saturated rings. The molecule has 1 aliphatic rings. The first-order valence-corrected chi connectivity index (χ1v) is 5.94. The summed E-state index contributed by atoms with van der Waals surface area (Å²) in [5.41, 5.74) is 0.993. The molecule has 0 aliphatic heterocycles. The van der Waals surface area contributed by atoms with E-state index in [1.807, 2.05) is 7.05 Å². The van der Waals surface area contributed by atoms with Gasteiger partial charge in [-0.05, 0) is 50.0 Å². The normalized spacial score (nSPS) is 21.0. The number of ether oxygens (including phenoxy) is 1. The lowest BCUT2D eigenvalue weighted by Gasteiger charge is -2.10. The molecule has 0 saturated heterocycles. The second-order valence-corrected chi connectivity index (χ2v) is 4.44. The van der Waals surface area contributed by atoms with E-state index in [2.05, 4.69) is 11.9 Å². The highest BCUT2D eigenvalue weighted by Gasteiger charge is 2.39. The van der Waals surface area contributed by atoms with Crippen molar-refractivity contribution in [3.63, 3.8) is 0 Å². The van der Waals surface area contributed by atoms with Gasteiger partial charge in [0, 0.05) is 5.56 Å². The standard InChI is InChI=1S/C14H18FNO.ClH/c1-3-6-17-14-5-4-11(15)8-13(14)12-7-10(12)9-16-2;/h3-5,8,10,12,16H,1,6-7,9H2,2H3;1H/t10-,12+;/m1./s1. The van der Waals surface area contributed by atoms with Crippen molar-refractivity contribution < 1.29 is 9.13 Å². The van der Waals surface area contributed by atoms with Crippen molar-refractivity contribution >= 4 is 12.4 Å². The SMILES string of the molecule is C=CCOc1ccc(F)cc1[C@H]1C[C@@H]1CNC.Cl. The van der Waals surface area contributed by atoms with Gasteiger partial charge in [-0.2, -0.15) is 0 Å². The quantitative estimate of drug-likeness (QED) is 0.803. The molecule has 0 spiro atoms. The van der Waals surface area contributed by atoms with Crippen molar-refractivity contribution in [1.82, 2.24) is 5.32 Å². The summed E-state index contributed by atoms with van der Waals surface area (Å²) in [6, 6.07) is 4.75. The second-order valence-electron chi connectivity index (χ2n) is 4.44. The Kier molecular flexibility index (Phi) is 5.63. The van der Waals surface area contributed by atoms with Gasteiger partial charge < -0.3 is 10.1 Å². The lowest BCUT2D eigenvalue weighted by atomic mass is 10.1. The Morgan fingerprint density at radius 3 is 3.00 bits per heavy atom. The minimum absolute atomic E-state index is 0. The van der Waals surface area contributed by atoms with E-state index in [4.69, 9.17) is 4.74 Å². The summed E-state index contributed by atoms with van der Waals surface area (Å²) < 4.78 is 18.8. The molecule has 1 saturated carbocycles. The first kappa shape index (κ1) is 15.0. The minimum Gasteiger partial charge on any atom is -0.489 e. The molecule has 1 aromatic carbocycles. The topological polar surface area (TPSA) is 21.3 Å². The molecule has 18 heavy (non-hydrogen) atoms. The van der Waals surface area contributed by atoms with Crippen LogP contribution in [-0.2, 0) is 0 Å². The highest BCUT2D eigenvalue weighted by atomic mass is 35.5. The van der Waals surface area contributed by atoms with Crippen LogP contribution in [0.25, 0.3) is 0 Å². The maximum Gasteiger partial charge on any atom is 0.123 e. The van der Waals surface area contributed by atoms with Crippen LogP contribution in [0.1, 0.15) is 17.9 Å². The fourth-order valence-corrected chi connectivity index (χ4v) is 2.21. The van der Waals surface area contributed by atoms with E-state index in [9.17, 15) is 4.39 Å². The summed E-state index contributed by atoms with van der Waals surface area (Å²) in [7, 11) is 1.94. The predicted octanol–water partition coefficient (Wildman–Crippen LogP) is 3.14. The number of rotatable bonds is 6. The minimum atomic E-state index is -0.193. The molecule has 2 atom stereocenters. The van der Waals surface area contributed by atoms with Gasteiger partial charge in [-0.15, -0.1) is 12.4 Å². The number of benzene rings is 1. The number of halogens is 2. The molecule has 0 aromatic heterocycles. The second kappa shape index (κ2) is 6.76. The zero-order chi connectivity index (χ0) is 12.3. The molecule has 1 aliphatic carbocycles. The zero-order valence-corrected chi connectivity index (χ0v) is 11.3. The molecule has 2 nitrogen and oxygen atoms in total. The smallest absolute Gasteiger partial charge is 0.123 e. The van der Waals surface area contributed by atoms with E-state index in [-0.39, 0.29) is 18.2 Å². The van der Waals surface area contributed by atoms with Gasteiger partial charge in [-0.25, -0.2) is 4.39 Å². The molecule has 100 valence electrons. The van der Waals surface area contributed by atoms with Crippen LogP contribution in [0.4, 0.5) is 4.39 Å². The summed E-state index contributed by atoms with van der Waals surface area (Å²) in [6.07, 6.45) is 2.81. The van der Waals surface area contributed by atoms with Crippen molar-refractivity contribution in [2.45, 2.75) is 12.3 Å². The van der Waals surface area contributed by atoms with Gasteiger partial charge in [0.15, 0.2) is 0 Å². The molecule has 1 aromatic rings. The fraction of sp³-hybridized carbons (Fsp3) is 0.429. The third-order valence-corrected chi connectivity index (χ3v) is 3.12. The van der Waals surface area contributed by atoms with Crippen LogP contribution < -0.4 is 10.1 Å². The van der Waals surface area contributed by atoms with Gasteiger partial charge in [0.1, 0.15) is 18.2 Å². The van der Waals surface area contributed by atoms with E-state index >= 15 is 0 Å². The third-order valence-electron chi connectivity index (χ3n) is 3.12. The van der Waals surface area contributed by atoms with E-state index in [0.29, 0.717) is 18.4 Å². The van der Waals surface area contributed by atoms with Crippen molar-refractivity contribution in [2.24, 2.45) is 5.92 Å². The van der Waals surface area contributed by atoms with Crippen molar-refractivity contribution in [1.29, 1.82) is 0 Å². The van der Waals surface area contributed by atoms with Crippen LogP contribution >= 0.6 is 12.4 Å². The Bertz CT molecular complexity index is 411. The Hall–Kier alpha value is -1.06. The van der Waals surface area contributed by atoms with Crippen molar-refractivity contribution in [3.05, 3.63) is 42.2 Å². The van der Waals surface area contributed by atoms with Gasteiger partial charge in [0.05, 0.1) is 0 Å². The lowest BCUT2D eigenvalue weighted by molar-refractivity contribution is 0.358. The van der Waals surface area contributed by atoms with Crippen LogP contribution in [0.5, 0.6) is 5.75 Å². The monoisotopic (exact) mass is 271 g/mol. The summed E-state index contributed by atoms with van der Waals surface area (Å²) >= 11 is 0. The lowest BCUT2D eigenvalue weighted by Crippen LogP contribution is -2.10. The summed E-state index contributed by atoms with van der Waals surface area (Å²) in [5, 5.41) is 3.16. The van der Waals surface area contributed by atoms with E-state index in [0.717, 1.165) is 24.3 Å². The molecule has 0 unspecified atom stereocenters. The number of nitrogens with one attached hydrogen (secondary N) is 1. The largest absolute Gasteiger partial charge is 0.489 e. The third kappa shape index (κ3) is 3.47. The van der Waals surface area contributed by atoms with E-state index in [1.54, 1.807) is 18.2 Å². The fourth-order valence-electron chi connectivity index (χ4n) is 2.21. The van der Waals surface area contributed by atoms with Crippen LogP contribution in [0.3, 0.4) is 0 Å². The highest BCUT2D eigenvalue weighted by Crippen LogP contribution is 2.50. The Morgan fingerprint density at radius 1 is 1.56 bits per heavy atom. The van der Waals surface area contributed by atoms with Crippen LogP contribution in [0, 0.1) is 11.7 Å². The molecule has 1 N–H and O–H groups in total. The van der Waals surface area contributed by atoms with Gasteiger partial charge in [-0.3, -0.25) is 0 Å². The van der Waals surface area contributed by atoms with Crippen LogP contribution in [0.15, 0.2) is 30.9 Å². The molecule has 0 bridgehead atoms. The van der Waals surface area contributed by atoms with E-state index in [1.165, 1.54) is 6.07 Å². The Balaban J connectivity index is 0.00000162. The van der Waals surface area contributed by atoms with Crippen LogP contribution in [-0.4, -0.2) is 20.2 Å². The Morgan fingerprint density at radius 2 is 2.33 bits per heavy atom. The van der Waals surface area contributed by atoms with Crippen LogP contribution in [0.2, 0.25) is 0 Å². The molecule has 2 rings (SSSR count). The molecule has 0 heterocycles. The molecule has 0 amide bonds. The maximum atomic E-state index is 13.3. The molecular weight excluding hydrogens is 253 g/mol. The van der Waals surface area contributed by atoms with E-state index < -0.39 is 0 Å². The zero-order valence-electron chi connectivity index (χ0n) is 10.5. The summed E-state index contributed by atoms with van der Waals surface area (Å²) in [5.74, 6) is 1.63. The van der Waals surface area contributed by atoms with Gasteiger partial charge in [0.2, 0.25) is 0 Å². The average Bonchev–Trinajstić information content (AvgIpc) is 3.07. The van der Waals surface area contributed by atoms with Gasteiger partial charge >= 0.3 is 0 Å². The average molecular weight is 272 g/mol. The van der Waals surface area contributed by atoms with Crippen molar-refractivity contribution in [2.75, 3.05) is 20.2 Å². The molecule has 4 heteroatoms. The summed E-state index contributed by atoms with van der Waals surface area (Å²) in [4.78, 5) is 0. The molecular formula is C14H19ClFNO. The van der Waals surface area contributed by atoms with Gasteiger partial charge in [0.25, 0.3) is 0 Å². The van der Waals surface area contributed by atoms with Crippen molar-refractivity contribution in [3.8, 4) is 5.75 Å². The first-order valence-electron chi connectivity index (χ1n) is 5.94. The molecule has 0 radical (unpaired) electrons. The first-order chi connectivity index (χ1) is 8.26. The highest BCUT2D eigenvalue weighted by molar-refractivity contribution is 5.85. The number of hydrogen-bond donors (Lipinski definition) is 1. The predicted molar refractivity (Wildman–Crippen MR) is 74.1 cm³/mol. The maximum absolute atomic E-state index is 13.3. The van der Waals surface area contributed by atoms with Gasteiger partial charge in [-0.1, -0.05) is 12.7 Å². The summed E-state index contributed by atoms with van der Waals surface area (Å²) in [6.45, 7) is 5.05. The Labute approximate surface area is 114 Å². The number of hydrogen-bond acceptors (Lipinski definition) is 2.